The SMILES string of the molecule is Cc1ccc(-c2ccc3[nH]c4c(c3c2)CCNC4)cc1. The largest absolute Gasteiger partial charge is 0.357 e. The highest BCUT2D eigenvalue weighted by atomic mass is 14.9. The molecule has 0 spiro atoms. The minimum atomic E-state index is 0.962. The summed E-state index contributed by atoms with van der Waals surface area (Å²) in [7, 11) is 0. The number of H-pyrrole nitrogens is 1. The van der Waals surface area contributed by atoms with Crippen LogP contribution in [0.5, 0.6) is 0 Å². The molecule has 4 rings (SSSR count). The van der Waals surface area contributed by atoms with Crippen molar-refractivity contribution in [2.45, 2.75) is 19.9 Å². The van der Waals surface area contributed by atoms with E-state index in [-0.39, 0.29) is 0 Å². The third-order valence-electron chi connectivity index (χ3n) is 4.23. The molecule has 0 atom stereocenters. The van der Waals surface area contributed by atoms with Crippen molar-refractivity contribution in [2.75, 3.05) is 6.54 Å². The highest BCUT2D eigenvalue weighted by Crippen LogP contribution is 2.29. The van der Waals surface area contributed by atoms with E-state index in [9.17, 15) is 0 Å². The molecule has 0 saturated carbocycles. The topological polar surface area (TPSA) is 27.8 Å². The van der Waals surface area contributed by atoms with E-state index < -0.39 is 0 Å². The third kappa shape index (κ3) is 1.84. The molecule has 2 heterocycles. The van der Waals surface area contributed by atoms with Crippen LogP contribution in [0.1, 0.15) is 16.8 Å². The van der Waals surface area contributed by atoms with Crippen molar-refractivity contribution in [3.8, 4) is 11.1 Å². The second-order valence-electron chi connectivity index (χ2n) is 5.64. The number of rotatable bonds is 1. The Bertz CT molecular complexity index is 766. The molecule has 100 valence electrons. The minimum Gasteiger partial charge on any atom is -0.357 e. The zero-order valence-electron chi connectivity index (χ0n) is 11.7. The Morgan fingerprint density at radius 3 is 2.60 bits per heavy atom. The van der Waals surface area contributed by atoms with Crippen LogP contribution in [0.15, 0.2) is 42.5 Å². The second kappa shape index (κ2) is 4.50. The third-order valence-corrected chi connectivity index (χ3v) is 4.23. The first kappa shape index (κ1) is 11.7. The number of fused-ring (bicyclic) bond motifs is 3. The normalized spacial score (nSPS) is 14.4. The Kier molecular flexibility index (Phi) is 2.64. The molecule has 0 fully saturated rings. The highest BCUT2D eigenvalue weighted by molar-refractivity contribution is 5.89. The van der Waals surface area contributed by atoms with Crippen molar-refractivity contribution >= 4 is 10.9 Å². The van der Waals surface area contributed by atoms with E-state index in [1.807, 2.05) is 0 Å². The van der Waals surface area contributed by atoms with Gasteiger partial charge in [0, 0.05) is 23.1 Å². The van der Waals surface area contributed by atoms with Crippen LogP contribution >= 0.6 is 0 Å². The summed E-state index contributed by atoms with van der Waals surface area (Å²) in [6.07, 6.45) is 1.12. The molecule has 2 aromatic carbocycles. The van der Waals surface area contributed by atoms with Crippen molar-refractivity contribution in [2.24, 2.45) is 0 Å². The van der Waals surface area contributed by atoms with Crippen LogP contribution in [0.2, 0.25) is 0 Å². The van der Waals surface area contributed by atoms with Crippen molar-refractivity contribution in [1.82, 2.24) is 10.3 Å². The van der Waals surface area contributed by atoms with E-state index in [0.29, 0.717) is 0 Å². The van der Waals surface area contributed by atoms with Crippen molar-refractivity contribution in [3.63, 3.8) is 0 Å². The molecule has 2 heteroatoms. The molecule has 1 aliphatic rings. The Morgan fingerprint density at radius 2 is 1.75 bits per heavy atom. The zero-order valence-corrected chi connectivity index (χ0v) is 11.7. The monoisotopic (exact) mass is 262 g/mol. The molecule has 1 aliphatic heterocycles. The van der Waals surface area contributed by atoms with Crippen LogP contribution in [-0.4, -0.2) is 11.5 Å². The van der Waals surface area contributed by atoms with Crippen molar-refractivity contribution in [1.29, 1.82) is 0 Å². The van der Waals surface area contributed by atoms with Gasteiger partial charge in [-0.25, -0.2) is 0 Å². The highest BCUT2D eigenvalue weighted by Gasteiger charge is 2.15. The van der Waals surface area contributed by atoms with E-state index in [2.05, 4.69) is 59.7 Å². The lowest BCUT2D eigenvalue weighted by molar-refractivity contribution is 0.637. The fourth-order valence-corrected chi connectivity index (χ4v) is 3.09. The first-order valence-electron chi connectivity index (χ1n) is 7.22. The number of hydrogen-bond acceptors (Lipinski definition) is 1. The minimum absolute atomic E-state index is 0.962. The number of nitrogens with one attached hydrogen (secondary N) is 2. The summed E-state index contributed by atoms with van der Waals surface area (Å²) in [6.45, 7) is 4.17. The van der Waals surface area contributed by atoms with Gasteiger partial charge in [-0.2, -0.15) is 0 Å². The Labute approximate surface area is 118 Å². The summed E-state index contributed by atoms with van der Waals surface area (Å²) in [5.41, 5.74) is 8.01. The Morgan fingerprint density at radius 1 is 0.950 bits per heavy atom. The summed E-state index contributed by atoms with van der Waals surface area (Å²) < 4.78 is 0. The molecular weight excluding hydrogens is 244 g/mol. The summed E-state index contributed by atoms with van der Waals surface area (Å²) in [4.78, 5) is 3.54. The molecule has 0 saturated heterocycles. The fourth-order valence-electron chi connectivity index (χ4n) is 3.09. The van der Waals surface area contributed by atoms with Crippen LogP contribution in [0.4, 0.5) is 0 Å². The summed E-state index contributed by atoms with van der Waals surface area (Å²) in [5.74, 6) is 0. The molecule has 2 N–H and O–H groups in total. The van der Waals surface area contributed by atoms with Gasteiger partial charge in [0.2, 0.25) is 0 Å². The zero-order chi connectivity index (χ0) is 13.5. The molecular formula is C18H18N2. The lowest BCUT2D eigenvalue weighted by atomic mass is 9.99. The van der Waals surface area contributed by atoms with Gasteiger partial charge < -0.3 is 10.3 Å². The maximum absolute atomic E-state index is 3.54. The molecule has 0 radical (unpaired) electrons. The summed E-state index contributed by atoms with van der Waals surface area (Å²) >= 11 is 0. The van der Waals surface area contributed by atoms with E-state index in [1.54, 1.807) is 0 Å². The fraction of sp³-hybridized carbons (Fsp3) is 0.222. The van der Waals surface area contributed by atoms with Gasteiger partial charge in [0.05, 0.1) is 0 Å². The maximum atomic E-state index is 3.54. The predicted octanol–water partition coefficient (Wildman–Crippen LogP) is 3.79. The summed E-state index contributed by atoms with van der Waals surface area (Å²) in [6, 6.07) is 15.5. The number of benzene rings is 2. The van der Waals surface area contributed by atoms with E-state index >= 15 is 0 Å². The first-order chi connectivity index (χ1) is 9.81. The van der Waals surface area contributed by atoms with Gasteiger partial charge >= 0.3 is 0 Å². The van der Waals surface area contributed by atoms with Gasteiger partial charge in [0.1, 0.15) is 0 Å². The van der Waals surface area contributed by atoms with Crippen LogP contribution < -0.4 is 5.32 Å². The van der Waals surface area contributed by atoms with Crippen LogP contribution in [0, 0.1) is 6.92 Å². The van der Waals surface area contributed by atoms with Gasteiger partial charge in [-0.3, -0.25) is 0 Å². The van der Waals surface area contributed by atoms with Gasteiger partial charge in [0.25, 0.3) is 0 Å². The molecule has 3 aromatic rings. The van der Waals surface area contributed by atoms with Crippen LogP contribution in [-0.2, 0) is 13.0 Å². The molecule has 0 amide bonds. The van der Waals surface area contributed by atoms with E-state index in [0.717, 1.165) is 19.5 Å². The molecule has 0 unspecified atom stereocenters. The number of hydrogen-bond donors (Lipinski definition) is 2. The van der Waals surface area contributed by atoms with Gasteiger partial charge in [0.15, 0.2) is 0 Å². The molecule has 0 aliphatic carbocycles. The standard InChI is InChI=1S/C18H18N2/c1-12-2-4-13(5-3-12)14-6-7-17-16(10-14)15-8-9-19-11-18(15)20-17/h2-7,10,19-20H,8-9,11H2,1H3. The first-order valence-corrected chi connectivity index (χ1v) is 7.22. The Balaban J connectivity index is 1.87. The number of aromatic nitrogens is 1. The molecule has 1 aromatic heterocycles. The van der Waals surface area contributed by atoms with E-state index in [1.165, 1.54) is 38.9 Å². The number of aromatic amines is 1. The molecule has 0 bridgehead atoms. The van der Waals surface area contributed by atoms with Gasteiger partial charge in [-0.05, 0) is 48.7 Å². The van der Waals surface area contributed by atoms with Gasteiger partial charge in [-0.15, -0.1) is 0 Å². The second-order valence-corrected chi connectivity index (χ2v) is 5.64. The smallest absolute Gasteiger partial charge is 0.0459 e. The summed E-state index contributed by atoms with van der Waals surface area (Å²) in [5, 5.41) is 4.81. The Hall–Kier alpha value is -2.06. The van der Waals surface area contributed by atoms with Crippen LogP contribution in [0.25, 0.3) is 22.0 Å². The average molecular weight is 262 g/mol. The quantitative estimate of drug-likeness (QED) is 0.686. The lowest BCUT2D eigenvalue weighted by Crippen LogP contribution is -2.22. The number of aryl methyl sites for hydroxylation is 1. The maximum Gasteiger partial charge on any atom is 0.0459 e. The molecule has 2 nitrogen and oxygen atoms in total. The van der Waals surface area contributed by atoms with Crippen LogP contribution in [0.3, 0.4) is 0 Å². The lowest BCUT2D eigenvalue weighted by Gasteiger charge is -2.12. The van der Waals surface area contributed by atoms with E-state index in [4.69, 9.17) is 0 Å². The van der Waals surface area contributed by atoms with Crippen molar-refractivity contribution < 1.29 is 0 Å². The van der Waals surface area contributed by atoms with Gasteiger partial charge in [-0.1, -0.05) is 35.9 Å². The predicted molar refractivity (Wildman–Crippen MR) is 83.9 cm³/mol. The van der Waals surface area contributed by atoms with Crippen molar-refractivity contribution in [3.05, 3.63) is 59.3 Å². The average Bonchev–Trinajstić information content (AvgIpc) is 2.86. The molecule has 20 heavy (non-hydrogen) atoms.